The molecule has 2 aromatic rings. The van der Waals surface area contributed by atoms with Crippen LogP contribution < -0.4 is 10.2 Å². The van der Waals surface area contributed by atoms with E-state index < -0.39 is 0 Å². The predicted molar refractivity (Wildman–Crippen MR) is 76.5 cm³/mol. The molecular weight excluding hydrogens is 240 g/mol. The average Bonchev–Trinajstić information content (AvgIpc) is 3.11. The van der Waals surface area contributed by atoms with Crippen LogP contribution in [0.3, 0.4) is 0 Å². The van der Waals surface area contributed by atoms with Crippen LogP contribution in [0, 0.1) is 5.92 Å². The summed E-state index contributed by atoms with van der Waals surface area (Å²) in [5.74, 6) is 2.49. The van der Waals surface area contributed by atoms with Crippen molar-refractivity contribution in [2.75, 3.05) is 29.9 Å². The van der Waals surface area contributed by atoms with E-state index in [0.29, 0.717) is 5.95 Å². The summed E-state index contributed by atoms with van der Waals surface area (Å²) in [5.41, 5.74) is 0.801. The zero-order valence-electron chi connectivity index (χ0n) is 11.5. The van der Waals surface area contributed by atoms with Crippen molar-refractivity contribution in [3.05, 3.63) is 6.20 Å². The Bertz CT molecular complexity index is 559. The van der Waals surface area contributed by atoms with E-state index in [1.165, 1.54) is 12.8 Å². The van der Waals surface area contributed by atoms with Crippen molar-refractivity contribution in [1.82, 2.24) is 20.2 Å². The molecule has 1 aliphatic carbocycles. The van der Waals surface area contributed by atoms with Gasteiger partial charge < -0.3 is 10.2 Å². The Morgan fingerprint density at radius 1 is 1.37 bits per heavy atom. The monoisotopic (exact) mass is 260 g/mol. The number of rotatable bonds is 6. The molecule has 1 fully saturated rings. The average molecular weight is 260 g/mol. The summed E-state index contributed by atoms with van der Waals surface area (Å²) < 4.78 is 0. The van der Waals surface area contributed by atoms with Gasteiger partial charge >= 0.3 is 0 Å². The van der Waals surface area contributed by atoms with E-state index in [2.05, 4.69) is 37.3 Å². The van der Waals surface area contributed by atoms with Crippen LogP contribution in [0.1, 0.15) is 26.7 Å². The Kier molecular flexibility index (Phi) is 3.23. The highest BCUT2D eigenvalue weighted by Crippen LogP contribution is 2.32. The van der Waals surface area contributed by atoms with Gasteiger partial charge in [0.2, 0.25) is 5.95 Å². The van der Waals surface area contributed by atoms with Gasteiger partial charge in [0.1, 0.15) is 5.82 Å². The minimum atomic E-state index is 0.670. The molecule has 0 radical (unpaired) electrons. The molecule has 102 valence electrons. The Hall–Kier alpha value is -1.85. The number of nitrogens with one attached hydrogen (secondary N) is 2. The molecule has 19 heavy (non-hydrogen) atoms. The van der Waals surface area contributed by atoms with Crippen molar-refractivity contribution in [1.29, 1.82) is 0 Å². The summed E-state index contributed by atoms with van der Waals surface area (Å²) in [6.45, 7) is 7.07. The molecule has 0 saturated heterocycles. The molecule has 0 unspecified atom stereocenters. The molecule has 0 bridgehead atoms. The van der Waals surface area contributed by atoms with Crippen LogP contribution in [-0.4, -0.2) is 39.8 Å². The van der Waals surface area contributed by atoms with Crippen molar-refractivity contribution in [2.24, 2.45) is 5.92 Å². The number of nitrogens with zero attached hydrogens (tertiary/aromatic N) is 4. The fourth-order valence-electron chi connectivity index (χ4n) is 2.28. The summed E-state index contributed by atoms with van der Waals surface area (Å²) in [5, 5.41) is 11.2. The lowest BCUT2D eigenvalue weighted by Gasteiger charge is -2.22. The summed E-state index contributed by atoms with van der Waals surface area (Å²) in [6.07, 6.45) is 4.50. The molecular formula is C13H20N6. The number of aromatic nitrogens is 4. The van der Waals surface area contributed by atoms with E-state index in [1.54, 1.807) is 0 Å². The minimum Gasteiger partial charge on any atom is -0.356 e. The van der Waals surface area contributed by atoms with Gasteiger partial charge in [-0.3, -0.25) is 5.10 Å². The number of fused-ring (bicyclic) bond motifs is 1. The zero-order valence-corrected chi connectivity index (χ0v) is 11.5. The molecule has 2 heterocycles. The summed E-state index contributed by atoms with van der Waals surface area (Å²) in [7, 11) is 0. The first-order chi connectivity index (χ1) is 9.31. The second-order valence-corrected chi connectivity index (χ2v) is 5.02. The number of hydrogen-bond donors (Lipinski definition) is 2. The van der Waals surface area contributed by atoms with Gasteiger partial charge in [-0.25, -0.2) is 0 Å². The largest absolute Gasteiger partial charge is 0.356 e. The number of anilines is 2. The zero-order chi connectivity index (χ0) is 13.2. The molecule has 6 heteroatoms. The van der Waals surface area contributed by atoms with Crippen molar-refractivity contribution in [3.63, 3.8) is 0 Å². The van der Waals surface area contributed by atoms with Crippen LogP contribution in [-0.2, 0) is 0 Å². The van der Waals surface area contributed by atoms with Crippen molar-refractivity contribution in [3.8, 4) is 0 Å². The van der Waals surface area contributed by atoms with Gasteiger partial charge in [0, 0.05) is 19.6 Å². The van der Waals surface area contributed by atoms with Crippen LogP contribution in [0.25, 0.3) is 11.0 Å². The molecule has 0 atom stereocenters. The maximum Gasteiger partial charge on any atom is 0.226 e. The second-order valence-electron chi connectivity index (χ2n) is 5.02. The quantitative estimate of drug-likeness (QED) is 0.831. The second kappa shape index (κ2) is 5.03. The molecule has 2 N–H and O–H groups in total. The topological polar surface area (TPSA) is 69.7 Å². The standard InChI is InChI=1S/C13H20N6/c1-3-14-13-16-11-10(7-15-18-11)12(17-13)19(4-2)8-9-5-6-9/h7,9H,3-6,8H2,1-2H3,(H2,14,15,16,17,18). The maximum absolute atomic E-state index is 4.66. The van der Waals surface area contributed by atoms with Gasteiger partial charge in [-0.05, 0) is 32.6 Å². The van der Waals surface area contributed by atoms with E-state index in [1.807, 2.05) is 13.1 Å². The Labute approximate surface area is 112 Å². The molecule has 0 amide bonds. The molecule has 2 aromatic heterocycles. The Morgan fingerprint density at radius 3 is 2.89 bits per heavy atom. The fourth-order valence-corrected chi connectivity index (χ4v) is 2.28. The van der Waals surface area contributed by atoms with Crippen molar-refractivity contribution < 1.29 is 0 Å². The highest BCUT2D eigenvalue weighted by atomic mass is 15.3. The first-order valence-corrected chi connectivity index (χ1v) is 7.01. The van der Waals surface area contributed by atoms with Crippen LogP contribution in [0.15, 0.2) is 6.20 Å². The molecule has 0 spiro atoms. The van der Waals surface area contributed by atoms with Crippen LogP contribution in [0.5, 0.6) is 0 Å². The molecule has 0 aliphatic heterocycles. The van der Waals surface area contributed by atoms with Crippen LogP contribution in [0.2, 0.25) is 0 Å². The number of aromatic amines is 1. The fraction of sp³-hybridized carbons (Fsp3) is 0.615. The van der Waals surface area contributed by atoms with Gasteiger partial charge in [-0.1, -0.05) is 0 Å². The molecule has 3 rings (SSSR count). The third-order valence-electron chi connectivity index (χ3n) is 3.48. The van der Waals surface area contributed by atoms with Crippen molar-refractivity contribution >= 4 is 22.8 Å². The smallest absolute Gasteiger partial charge is 0.226 e. The normalized spacial score (nSPS) is 14.8. The molecule has 6 nitrogen and oxygen atoms in total. The van der Waals surface area contributed by atoms with Crippen LogP contribution in [0.4, 0.5) is 11.8 Å². The lowest BCUT2D eigenvalue weighted by atomic mass is 10.3. The third-order valence-corrected chi connectivity index (χ3v) is 3.48. The lowest BCUT2D eigenvalue weighted by molar-refractivity contribution is 0.734. The number of hydrogen-bond acceptors (Lipinski definition) is 5. The van der Waals surface area contributed by atoms with Crippen LogP contribution >= 0.6 is 0 Å². The Balaban J connectivity index is 2.00. The summed E-state index contributed by atoms with van der Waals surface area (Å²) in [4.78, 5) is 11.4. The summed E-state index contributed by atoms with van der Waals surface area (Å²) in [6, 6.07) is 0. The van der Waals surface area contributed by atoms with E-state index in [9.17, 15) is 0 Å². The van der Waals surface area contributed by atoms with Gasteiger partial charge in [0.25, 0.3) is 0 Å². The van der Waals surface area contributed by atoms with Gasteiger partial charge in [0.05, 0.1) is 11.6 Å². The molecule has 1 aliphatic rings. The first kappa shape index (κ1) is 12.2. The SMILES string of the molecule is CCNc1nc(N(CC)CC2CC2)c2cn[nH]c2n1. The first-order valence-electron chi connectivity index (χ1n) is 7.01. The predicted octanol–water partition coefficient (Wildman–Crippen LogP) is 2.02. The molecule has 0 aromatic carbocycles. The van der Waals surface area contributed by atoms with E-state index in [4.69, 9.17) is 0 Å². The van der Waals surface area contributed by atoms with E-state index in [-0.39, 0.29) is 0 Å². The van der Waals surface area contributed by atoms with E-state index >= 15 is 0 Å². The Morgan fingerprint density at radius 2 is 2.21 bits per heavy atom. The van der Waals surface area contributed by atoms with Crippen molar-refractivity contribution in [2.45, 2.75) is 26.7 Å². The number of H-pyrrole nitrogens is 1. The van der Waals surface area contributed by atoms with Gasteiger partial charge in [-0.2, -0.15) is 15.1 Å². The summed E-state index contributed by atoms with van der Waals surface area (Å²) >= 11 is 0. The minimum absolute atomic E-state index is 0.670. The maximum atomic E-state index is 4.66. The third kappa shape index (κ3) is 2.47. The highest BCUT2D eigenvalue weighted by Gasteiger charge is 2.25. The van der Waals surface area contributed by atoms with E-state index in [0.717, 1.165) is 42.4 Å². The highest BCUT2D eigenvalue weighted by molar-refractivity contribution is 5.87. The van der Waals surface area contributed by atoms with Gasteiger partial charge in [0.15, 0.2) is 5.65 Å². The lowest BCUT2D eigenvalue weighted by Crippen LogP contribution is -2.26. The molecule has 1 saturated carbocycles. The van der Waals surface area contributed by atoms with Gasteiger partial charge in [-0.15, -0.1) is 0 Å².